The summed E-state index contributed by atoms with van der Waals surface area (Å²) in [5.74, 6) is 0.661. The molecule has 0 saturated heterocycles. The van der Waals surface area contributed by atoms with Crippen molar-refractivity contribution in [2.45, 2.75) is 47.0 Å². The normalized spacial score (nSPS) is 12.7. The van der Waals surface area contributed by atoms with Crippen molar-refractivity contribution in [1.82, 2.24) is 5.32 Å². The van der Waals surface area contributed by atoms with Crippen LogP contribution in [0, 0.1) is 25.6 Å². The quantitative estimate of drug-likeness (QED) is 0.722. The van der Waals surface area contributed by atoms with Gasteiger partial charge in [-0.3, -0.25) is 0 Å². The van der Waals surface area contributed by atoms with Gasteiger partial charge in [-0.2, -0.15) is 0 Å². The molecular weight excluding hydrogens is 225 g/mol. The van der Waals surface area contributed by atoms with Gasteiger partial charge in [0, 0.05) is 0 Å². The van der Waals surface area contributed by atoms with Crippen molar-refractivity contribution in [3.05, 3.63) is 34.6 Å². The van der Waals surface area contributed by atoms with Gasteiger partial charge in [-0.05, 0) is 68.8 Å². The molecule has 0 bridgehead atoms. The van der Waals surface area contributed by atoms with E-state index >= 15 is 0 Å². The number of halogens is 1. The molecule has 1 atom stereocenters. The maximum absolute atomic E-state index is 13.5. The van der Waals surface area contributed by atoms with Crippen molar-refractivity contribution in [3.8, 4) is 0 Å². The molecule has 0 amide bonds. The van der Waals surface area contributed by atoms with E-state index in [9.17, 15) is 4.39 Å². The molecule has 0 aliphatic rings. The standard InChI is InChI=1S/C16H26FN/c1-5-18-9-8-12(2)6-7-15-10-13(3)16(17)14(4)11-15/h10-12,18H,5-9H2,1-4H3. The Labute approximate surface area is 111 Å². The van der Waals surface area contributed by atoms with Gasteiger partial charge in [0.05, 0.1) is 0 Å². The fourth-order valence-corrected chi connectivity index (χ4v) is 2.26. The fourth-order valence-electron chi connectivity index (χ4n) is 2.26. The molecule has 1 unspecified atom stereocenters. The second-order valence-electron chi connectivity index (χ2n) is 5.33. The zero-order valence-electron chi connectivity index (χ0n) is 12.1. The van der Waals surface area contributed by atoms with E-state index in [1.165, 1.54) is 18.4 Å². The summed E-state index contributed by atoms with van der Waals surface area (Å²) < 4.78 is 13.5. The highest BCUT2D eigenvalue weighted by Gasteiger charge is 2.06. The Morgan fingerprint density at radius 1 is 1.17 bits per heavy atom. The third kappa shape index (κ3) is 4.77. The first-order valence-corrected chi connectivity index (χ1v) is 7.01. The molecule has 1 aromatic rings. The van der Waals surface area contributed by atoms with Crippen LogP contribution in [0.25, 0.3) is 0 Å². The van der Waals surface area contributed by atoms with Crippen LogP contribution >= 0.6 is 0 Å². The van der Waals surface area contributed by atoms with E-state index in [0.717, 1.165) is 36.6 Å². The van der Waals surface area contributed by atoms with Gasteiger partial charge in [-0.15, -0.1) is 0 Å². The lowest BCUT2D eigenvalue weighted by Crippen LogP contribution is -2.16. The molecule has 0 aliphatic heterocycles. The lowest BCUT2D eigenvalue weighted by atomic mass is 9.96. The molecule has 1 aromatic carbocycles. The molecule has 0 aliphatic carbocycles. The zero-order valence-corrected chi connectivity index (χ0v) is 12.1. The van der Waals surface area contributed by atoms with Crippen LogP contribution in [0.15, 0.2) is 12.1 Å². The first-order valence-electron chi connectivity index (χ1n) is 7.01. The van der Waals surface area contributed by atoms with Gasteiger partial charge in [0.25, 0.3) is 0 Å². The minimum atomic E-state index is -0.0565. The molecule has 1 N–H and O–H groups in total. The third-order valence-corrected chi connectivity index (χ3v) is 3.49. The highest BCUT2D eigenvalue weighted by atomic mass is 19.1. The lowest BCUT2D eigenvalue weighted by Gasteiger charge is -2.12. The lowest BCUT2D eigenvalue weighted by molar-refractivity contribution is 0.474. The van der Waals surface area contributed by atoms with E-state index in [-0.39, 0.29) is 5.82 Å². The Balaban J connectivity index is 2.43. The molecule has 1 rings (SSSR count). The van der Waals surface area contributed by atoms with Crippen LogP contribution in [0.4, 0.5) is 4.39 Å². The van der Waals surface area contributed by atoms with E-state index in [2.05, 4.69) is 19.2 Å². The van der Waals surface area contributed by atoms with E-state index in [1.807, 2.05) is 26.0 Å². The third-order valence-electron chi connectivity index (χ3n) is 3.49. The molecular formula is C16H26FN. The second-order valence-corrected chi connectivity index (χ2v) is 5.33. The summed E-state index contributed by atoms with van der Waals surface area (Å²) in [5, 5.41) is 3.35. The van der Waals surface area contributed by atoms with Gasteiger partial charge < -0.3 is 5.32 Å². The van der Waals surface area contributed by atoms with Crippen molar-refractivity contribution in [2.75, 3.05) is 13.1 Å². The predicted molar refractivity (Wildman–Crippen MR) is 76.5 cm³/mol. The van der Waals surface area contributed by atoms with Gasteiger partial charge in [0.15, 0.2) is 0 Å². The molecule has 2 heteroatoms. The summed E-state index contributed by atoms with van der Waals surface area (Å²) >= 11 is 0. The SMILES string of the molecule is CCNCCC(C)CCc1cc(C)c(F)c(C)c1. The maximum Gasteiger partial charge on any atom is 0.129 e. The summed E-state index contributed by atoms with van der Waals surface area (Å²) in [5.41, 5.74) is 2.80. The van der Waals surface area contributed by atoms with Crippen LogP contribution < -0.4 is 5.32 Å². The van der Waals surface area contributed by atoms with Gasteiger partial charge in [-0.1, -0.05) is 26.0 Å². The molecule has 0 radical (unpaired) electrons. The van der Waals surface area contributed by atoms with E-state index in [4.69, 9.17) is 0 Å². The Bertz CT molecular complexity index is 350. The highest BCUT2D eigenvalue weighted by Crippen LogP contribution is 2.18. The number of hydrogen-bond donors (Lipinski definition) is 1. The smallest absolute Gasteiger partial charge is 0.129 e. The van der Waals surface area contributed by atoms with E-state index < -0.39 is 0 Å². The predicted octanol–water partition coefficient (Wildman–Crippen LogP) is 4.01. The summed E-state index contributed by atoms with van der Waals surface area (Å²) in [6.07, 6.45) is 3.44. The average molecular weight is 251 g/mol. The fraction of sp³-hybridized carbons (Fsp3) is 0.625. The minimum absolute atomic E-state index is 0.0565. The number of aryl methyl sites for hydroxylation is 3. The van der Waals surface area contributed by atoms with Gasteiger partial charge in [0.1, 0.15) is 5.82 Å². The summed E-state index contributed by atoms with van der Waals surface area (Å²) in [7, 11) is 0. The van der Waals surface area contributed by atoms with Crippen molar-refractivity contribution >= 4 is 0 Å². The van der Waals surface area contributed by atoms with Crippen LogP contribution in [-0.4, -0.2) is 13.1 Å². The minimum Gasteiger partial charge on any atom is -0.317 e. The van der Waals surface area contributed by atoms with Gasteiger partial charge >= 0.3 is 0 Å². The summed E-state index contributed by atoms with van der Waals surface area (Å²) in [6, 6.07) is 3.97. The second kappa shape index (κ2) is 7.52. The van der Waals surface area contributed by atoms with Crippen molar-refractivity contribution < 1.29 is 4.39 Å². The van der Waals surface area contributed by atoms with Crippen LogP contribution in [0.5, 0.6) is 0 Å². The van der Waals surface area contributed by atoms with Crippen LogP contribution in [-0.2, 0) is 6.42 Å². The first kappa shape index (κ1) is 15.2. The largest absolute Gasteiger partial charge is 0.317 e. The first-order chi connectivity index (χ1) is 8.54. The number of benzene rings is 1. The average Bonchev–Trinajstić information content (AvgIpc) is 2.33. The Hall–Kier alpha value is -0.890. The molecule has 0 saturated carbocycles. The molecule has 0 heterocycles. The molecule has 18 heavy (non-hydrogen) atoms. The number of nitrogens with one attached hydrogen (secondary N) is 1. The summed E-state index contributed by atoms with van der Waals surface area (Å²) in [4.78, 5) is 0. The highest BCUT2D eigenvalue weighted by molar-refractivity contribution is 5.30. The van der Waals surface area contributed by atoms with E-state index in [0.29, 0.717) is 0 Å². The number of hydrogen-bond acceptors (Lipinski definition) is 1. The van der Waals surface area contributed by atoms with Crippen molar-refractivity contribution in [1.29, 1.82) is 0 Å². The molecule has 0 spiro atoms. The molecule has 102 valence electrons. The Morgan fingerprint density at radius 3 is 2.33 bits per heavy atom. The monoisotopic (exact) mass is 251 g/mol. The maximum atomic E-state index is 13.5. The van der Waals surface area contributed by atoms with Crippen molar-refractivity contribution in [3.63, 3.8) is 0 Å². The molecule has 0 aromatic heterocycles. The van der Waals surface area contributed by atoms with Crippen LogP contribution in [0.3, 0.4) is 0 Å². The summed E-state index contributed by atoms with van der Waals surface area (Å²) in [6.45, 7) is 10.3. The van der Waals surface area contributed by atoms with Gasteiger partial charge in [0.2, 0.25) is 0 Å². The number of rotatable bonds is 7. The topological polar surface area (TPSA) is 12.0 Å². The van der Waals surface area contributed by atoms with Gasteiger partial charge in [-0.25, -0.2) is 4.39 Å². The van der Waals surface area contributed by atoms with E-state index in [1.54, 1.807) is 0 Å². The molecule has 1 nitrogen and oxygen atoms in total. The Morgan fingerprint density at radius 2 is 1.78 bits per heavy atom. The van der Waals surface area contributed by atoms with Crippen LogP contribution in [0.1, 0.15) is 43.4 Å². The van der Waals surface area contributed by atoms with Crippen LogP contribution in [0.2, 0.25) is 0 Å². The van der Waals surface area contributed by atoms with Crippen molar-refractivity contribution in [2.24, 2.45) is 5.92 Å². The molecule has 0 fully saturated rings. The Kier molecular flexibility index (Phi) is 6.34. The zero-order chi connectivity index (χ0) is 13.5.